The summed E-state index contributed by atoms with van der Waals surface area (Å²) in [6, 6.07) is 4.91. The van der Waals surface area contributed by atoms with Gasteiger partial charge >= 0.3 is 0 Å². The van der Waals surface area contributed by atoms with Gasteiger partial charge in [-0.15, -0.1) is 0 Å². The molecule has 0 aliphatic heterocycles. The molecule has 0 aromatic heterocycles. The van der Waals surface area contributed by atoms with Gasteiger partial charge in [-0.05, 0) is 49.3 Å². The van der Waals surface area contributed by atoms with E-state index in [-0.39, 0.29) is 5.82 Å². The molecule has 0 unspecified atom stereocenters. The minimum Gasteiger partial charge on any atom is -0.397 e. The van der Waals surface area contributed by atoms with E-state index in [9.17, 15) is 4.39 Å². The molecular formula is C14H21FN2. The van der Waals surface area contributed by atoms with Crippen LogP contribution in [0.15, 0.2) is 18.2 Å². The Labute approximate surface area is 102 Å². The van der Waals surface area contributed by atoms with Crippen LogP contribution >= 0.6 is 0 Å². The van der Waals surface area contributed by atoms with Crippen molar-refractivity contribution in [1.82, 2.24) is 0 Å². The number of nitrogens with two attached hydrogens (primary N) is 1. The highest BCUT2D eigenvalue weighted by atomic mass is 19.1. The quantitative estimate of drug-likeness (QED) is 0.767. The molecule has 2 nitrogen and oxygen atoms in total. The summed E-state index contributed by atoms with van der Waals surface area (Å²) in [5, 5.41) is 3.36. The second kappa shape index (κ2) is 4.55. The van der Waals surface area contributed by atoms with Gasteiger partial charge in [-0.25, -0.2) is 4.39 Å². The molecule has 1 fully saturated rings. The number of rotatable bonds is 2. The van der Waals surface area contributed by atoms with E-state index in [4.69, 9.17) is 5.73 Å². The van der Waals surface area contributed by atoms with Gasteiger partial charge in [0.25, 0.3) is 0 Å². The normalized spacial score (nSPS) is 20.2. The molecule has 1 aromatic carbocycles. The minimum atomic E-state index is -0.238. The molecule has 17 heavy (non-hydrogen) atoms. The Balaban J connectivity index is 2.00. The summed E-state index contributed by atoms with van der Waals surface area (Å²) in [6.07, 6.45) is 4.67. The molecule has 94 valence electrons. The second-order valence-corrected chi connectivity index (χ2v) is 5.81. The van der Waals surface area contributed by atoms with Crippen LogP contribution in [0.1, 0.15) is 39.5 Å². The Morgan fingerprint density at radius 1 is 1.29 bits per heavy atom. The van der Waals surface area contributed by atoms with Crippen molar-refractivity contribution >= 4 is 11.4 Å². The van der Waals surface area contributed by atoms with Crippen LogP contribution in [-0.4, -0.2) is 6.04 Å². The SMILES string of the molecule is CC1(C)CCC(Nc2cc(F)ccc2N)CC1. The summed E-state index contributed by atoms with van der Waals surface area (Å²) < 4.78 is 13.1. The summed E-state index contributed by atoms with van der Waals surface area (Å²) in [6.45, 7) is 4.61. The number of hydrogen-bond donors (Lipinski definition) is 2. The Morgan fingerprint density at radius 2 is 1.94 bits per heavy atom. The number of nitrogens with one attached hydrogen (secondary N) is 1. The maximum atomic E-state index is 13.1. The van der Waals surface area contributed by atoms with Crippen LogP contribution < -0.4 is 11.1 Å². The number of nitrogen functional groups attached to an aromatic ring is 1. The number of anilines is 2. The predicted octanol–water partition coefficient (Wildman–Crippen LogP) is 3.79. The van der Waals surface area contributed by atoms with E-state index in [1.165, 1.54) is 25.0 Å². The maximum Gasteiger partial charge on any atom is 0.125 e. The summed E-state index contributed by atoms with van der Waals surface area (Å²) in [5.74, 6) is -0.238. The Morgan fingerprint density at radius 3 is 2.59 bits per heavy atom. The fraction of sp³-hybridized carbons (Fsp3) is 0.571. The van der Waals surface area contributed by atoms with Gasteiger partial charge in [0.1, 0.15) is 5.82 Å². The molecule has 1 aliphatic carbocycles. The first-order valence-corrected chi connectivity index (χ1v) is 6.28. The standard InChI is InChI=1S/C14H21FN2/c1-14(2)7-5-11(6-8-14)17-13-9-10(15)3-4-12(13)16/h3-4,9,11,17H,5-8,16H2,1-2H3. The summed E-state index contributed by atoms with van der Waals surface area (Å²) in [5.41, 5.74) is 7.63. The fourth-order valence-corrected chi connectivity index (χ4v) is 2.42. The lowest BCUT2D eigenvalue weighted by molar-refractivity contribution is 0.232. The van der Waals surface area contributed by atoms with Crippen molar-refractivity contribution in [3.8, 4) is 0 Å². The fourth-order valence-electron chi connectivity index (χ4n) is 2.42. The van der Waals surface area contributed by atoms with E-state index < -0.39 is 0 Å². The Hall–Kier alpha value is -1.25. The molecule has 0 saturated heterocycles. The zero-order valence-corrected chi connectivity index (χ0v) is 10.6. The van der Waals surface area contributed by atoms with Gasteiger partial charge in [-0.1, -0.05) is 13.8 Å². The van der Waals surface area contributed by atoms with Crippen molar-refractivity contribution in [3.05, 3.63) is 24.0 Å². The molecule has 0 atom stereocenters. The van der Waals surface area contributed by atoms with Gasteiger partial charge in [-0.2, -0.15) is 0 Å². The lowest BCUT2D eigenvalue weighted by atomic mass is 9.75. The molecule has 0 amide bonds. The molecule has 3 heteroatoms. The van der Waals surface area contributed by atoms with Crippen LogP contribution in [-0.2, 0) is 0 Å². The highest BCUT2D eigenvalue weighted by molar-refractivity contribution is 5.66. The van der Waals surface area contributed by atoms with Crippen molar-refractivity contribution in [2.24, 2.45) is 5.41 Å². The molecule has 0 spiro atoms. The van der Waals surface area contributed by atoms with Crippen molar-refractivity contribution in [2.45, 2.75) is 45.6 Å². The molecule has 0 radical (unpaired) electrons. The molecular weight excluding hydrogens is 215 g/mol. The van der Waals surface area contributed by atoms with Crippen LogP contribution in [0.4, 0.5) is 15.8 Å². The largest absolute Gasteiger partial charge is 0.397 e. The van der Waals surface area contributed by atoms with E-state index in [0.717, 1.165) is 18.5 Å². The van der Waals surface area contributed by atoms with Gasteiger partial charge < -0.3 is 11.1 Å². The van der Waals surface area contributed by atoms with Crippen LogP contribution in [0.2, 0.25) is 0 Å². The molecule has 1 aromatic rings. The van der Waals surface area contributed by atoms with Crippen molar-refractivity contribution in [1.29, 1.82) is 0 Å². The minimum absolute atomic E-state index is 0.238. The summed E-state index contributed by atoms with van der Waals surface area (Å²) in [4.78, 5) is 0. The molecule has 1 aliphatic rings. The van der Waals surface area contributed by atoms with Crippen molar-refractivity contribution in [2.75, 3.05) is 11.1 Å². The number of benzene rings is 1. The monoisotopic (exact) mass is 236 g/mol. The molecule has 2 rings (SSSR count). The van der Waals surface area contributed by atoms with E-state index in [1.54, 1.807) is 6.07 Å². The summed E-state index contributed by atoms with van der Waals surface area (Å²) >= 11 is 0. The average Bonchev–Trinajstić information content (AvgIpc) is 2.26. The highest BCUT2D eigenvalue weighted by Crippen LogP contribution is 2.36. The van der Waals surface area contributed by atoms with Crippen LogP contribution in [0.5, 0.6) is 0 Å². The second-order valence-electron chi connectivity index (χ2n) is 5.81. The molecule has 0 bridgehead atoms. The predicted molar refractivity (Wildman–Crippen MR) is 70.5 cm³/mol. The maximum absolute atomic E-state index is 13.1. The Kier molecular flexibility index (Phi) is 3.27. The van der Waals surface area contributed by atoms with Crippen molar-refractivity contribution in [3.63, 3.8) is 0 Å². The molecule has 1 saturated carbocycles. The van der Waals surface area contributed by atoms with E-state index in [1.807, 2.05) is 0 Å². The van der Waals surface area contributed by atoms with Crippen LogP contribution in [0.25, 0.3) is 0 Å². The number of hydrogen-bond acceptors (Lipinski definition) is 2. The van der Waals surface area contributed by atoms with Gasteiger partial charge in [0.2, 0.25) is 0 Å². The van der Waals surface area contributed by atoms with Crippen molar-refractivity contribution < 1.29 is 4.39 Å². The third-order valence-corrected chi connectivity index (χ3v) is 3.71. The average molecular weight is 236 g/mol. The molecule has 3 N–H and O–H groups in total. The first-order valence-electron chi connectivity index (χ1n) is 6.28. The lowest BCUT2D eigenvalue weighted by Gasteiger charge is -2.35. The Bertz CT molecular complexity index is 391. The smallest absolute Gasteiger partial charge is 0.125 e. The summed E-state index contributed by atoms with van der Waals surface area (Å²) in [7, 11) is 0. The topological polar surface area (TPSA) is 38.0 Å². The van der Waals surface area contributed by atoms with E-state index in [0.29, 0.717) is 17.1 Å². The zero-order valence-electron chi connectivity index (χ0n) is 10.6. The zero-order chi connectivity index (χ0) is 12.5. The van der Waals surface area contributed by atoms with Crippen LogP contribution in [0.3, 0.4) is 0 Å². The van der Waals surface area contributed by atoms with Crippen LogP contribution in [0, 0.1) is 11.2 Å². The van der Waals surface area contributed by atoms with Gasteiger partial charge in [0.15, 0.2) is 0 Å². The van der Waals surface area contributed by atoms with Gasteiger partial charge in [0, 0.05) is 6.04 Å². The third kappa shape index (κ3) is 3.11. The number of halogens is 1. The first-order chi connectivity index (χ1) is 7.96. The third-order valence-electron chi connectivity index (χ3n) is 3.71. The van der Waals surface area contributed by atoms with E-state index in [2.05, 4.69) is 19.2 Å². The molecule has 0 heterocycles. The van der Waals surface area contributed by atoms with E-state index >= 15 is 0 Å². The lowest BCUT2D eigenvalue weighted by Crippen LogP contribution is -2.30. The highest BCUT2D eigenvalue weighted by Gasteiger charge is 2.26. The van der Waals surface area contributed by atoms with Gasteiger partial charge in [0.05, 0.1) is 11.4 Å². The van der Waals surface area contributed by atoms with Gasteiger partial charge in [-0.3, -0.25) is 0 Å². The first kappa shape index (κ1) is 12.2.